The third-order valence-electron chi connectivity index (χ3n) is 5.27. The van der Waals surface area contributed by atoms with Crippen molar-refractivity contribution >= 4 is 11.9 Å². The summed E-state index contributed by atoms with van der Waals surface area (Å²) in [5, 5.41) is 11.8. The van der Waals surface area contributed by atoms with E-state index in [9.17, 15) is 9.59 Å². The van der Waals surface area contributed by atoms with Crippen LogP contribution >= 0.6 is 0 Å². The van der Waals surface area contributed by atoms with E-state index in [0.29, 0.717) is 23.5 Å². The third-order valence-corrected chi connectivity index (χ3v) is 5.27. The fourth-order valence-corrected chi connectivity index (χ4v) is 3.37. The van der Waals surface area contributed by atoms with Crippen molar-refractivity contribution in [2.45, 2.75) is 18.9 Å². The van der Waals surface area contributed by atoms with Gasteiger partial charge in [-0.1, -0.05) is 36.4 Å². The van der Waals surface area contributed by atoms with E-state index in [-0.39, 0.29) is 13.0 Å². The highest BCUT2D eigenvalue weighted by molar-refractivity contribution is 5.81. The fourth-order valence-electron chi connectivity index (χ4n) is 3.37. The maximum absolute atomic E-state index is 12.6. The van der Waals surface area contributed by atoms with Gasteiger partial charge in [0, 0.05) is 6.42 Å². The van der Waals surface area contributed by atoms with E-state index in [1.54, 1.807) is 38.5 Å². The Labute approximate surface area is 198 Å². The lowest BCUT2D eigenvalue weighted by Crippen LogP contribution is -2.33. The molecule has 1 N–H and O–H groups in total. The number of nitriles is 1. The van der Waals surface area contributed by atoms with Crippen molar-refractivity contribution in [2.24, 2.45) is 0 Å². The van der Waals surface area contributed by atoms with Gasteiger partial charge in [0.05, 0.1) is 31.9 Å². The number of hydrogen-bond acceptors (Lipinski definition) is 6. The first kappa shape index (κ1) is 24.3. The molecule has 0 aliphatic carbocycles. The number of carbonyl (C=O) groups excluding carboxylic acids is 2. The summed E-state index contributed by atoms with van der Waals surface area (Å²) in [7, 11) is 3.18. The number of ether oxygens (including phenoxy) is 3. The second-order valence-electron chi connectivity index (χ2n) is 7.52. The van der Waals surface area contributed by atoms with E-state index in [1.165, 1.54) is 0 Å². The van der Waals surface area contributed by atoms with E-state index >= 15 is 0 Å². The van der Waals surface area contributed by atoms with Gasteiger partial charge in [0.15, 0.2) is 6.61 Å². The Hall–Kier alpha value is -4.31. The molecule has 3 rings (SSSR count). The molecule has 0 aliphatic heterocycles. The molecule has 0 atom stereocenters. The highest BCUT2D eigenvalue weighted by Crippen LogP contribution is 2.26. The second kappa shape index (κ2) is 12.1. The average molecular weight is 459 g/mol. The first-order valence-electron chi connectivity index (χ1n) is 10.7. The Morgan fingerprint density at radius 1 is 0.853 bits per heavy atom. The van der Waals surface area contributed by atoms with Crippen molar-refractivity contribution in [3.8, 4) is 17.6 Å². The molecule has 34 heavy (non-hydrogen) atoms. The first-order valence-corrected chi connectivity index (χ1v) is 10.7. The zero-order valence-corrected chi connectivity index (χ0v) is 19.1. The maximum atomic E-state index is 12.6. The first-order chi connectivity index (χ1) is 16.5. The van der Waals surface area contributed by atoms with Crippen molar-refractivity contribution in [3.63, 3.8) is 0 Å². The fraction of sp³-hybridized carbons (Fsp3) is 0.222. The molecule has 7 nitrogen and oxygen atoms in total. The molecule has 0 aliphatic rings. The molecule has 0 spiro atoms. The maximum Gasteiger partial charge on any atom is 0.306 e. The third kappa shape index (κ3) is 6.84. The molecule has 1 amide bonds. The van der Waals surface area contributed by atoms with E-state index in [2.05, 4.69) is 11.4 Å². The van der Waals surface area contributed by atoms with Crippen molar-refractivity contribution in [2.75, 3.05) is 20.8 Å². The van der Waals surface area contributed by atoms with Gasteiger partial charge in [-0.3, -0.25) is 9.59 Å². The molecular weight excluding hydrogens is 432 g/mol. The molecule has 0 aromatic heterocycles. The quantitative estimate of drug-likeness (QED) is 0.462. The molecule has 0 fully saturated rings. The number of esters is 1. The van der Waals surface area contributed by atoms with Crippen molar-refractivity contribution in [1.82, 2.24) is 5.32 Å². The van der Waals surface area contributed by atoms with Crippen molar-refractivity contribution < 1.29 is 23.8 Å². The number of aryl methyl sites for hydroxylation is 1. The molecule has 0 saturated carbocycles. The van der Waals surface area contributed by atoms with Crippen LogP contribution < -0.4 is 14.8 Å². The molecule has 0 radical (unpaired) electrons. The summed E-state index contributed by atoms with van der Waals surface area (Å²) >= 11 is 0. The minimum absolute atomic E-state index is 0.138. The van der Waals surface area contributed by atoms with E-state index in [0.717, 1.165) is 16.7 Å². The average Bonchev–Trinajstić information content (AvgIpc) is 2.89. The Morgan fingerprint density at radius 3 is 1.85 bits per heavy atom. The van der Waals surface area contributed by atoms with Gasteiger partial charge in [0.25, 0.3) is 5.91 Å². The van der Waals surface area contributed by atoms with Crippen LogP contribution in [0.2, 0.25) is 0 Å². The molecule has 3 aromatic rings. The monoisotopic (exact) mass is 458 g/mol. The Kier molecular flexibility index (Phi) is 8.64. The standard InChI is InChI=1S/C27H26N2O5/c1-32-23-12-8-21(9-13-23)27(22-10-14-24(33-2)15-11-22)29-25(30)18-34-26(31)16-7-19-3-5-20(17-28)6-4-19/h3-6,8-15,27H,7,16,18H2,1-2H3,(H,29,30). The highest BCUT2D eigenvalue weighted by Gasteiger charge is 2.18. The number of rotatable bonds is 10. The normalized spacial score (nSPS) is 10.3. The number of nitrogens with one attached hydrogen (secondary N) is 1. The largest absolute Gasteiger partial charge is 0.497 e. The highest BCUT2D eigenvalue weighted by atomic mass is 16.5. The zero-order chi connectivity index (χ0) is 24.3. The lowest BCUT2D eigenvalue weighted by Gasteiger charge is -2.20. The smallest absolute Gasteiger partial charge is 0.306 e. The molecule has 0 bridgehead atoms. The number of carbonyl (C=O) groups is 2. The summed E-state index contributed by atoms with van der Waals surface area (Å²) in [4.78, 5) is 24.8. The van der Waals surface area contributed by atoms with Gasteiger partial charge in [-0.25, -0.2) is 0 Å². The zero-order valence-electron chi connectivity index (χ0n) is 19.1. The molecule has 3 aromatic carbocycles. The summed E-state index contributed by atoms with van der Waals surface area (Å²) in [6, 6.07) is 23.4. The van der Waals surface area contributed by atoms with Gasteiger partial charge >= 0.3 is 5.97 Å². The summed E-state index contributed by atoms with van der Waals surface area (Å²) in [6.07, 6.45) is 0.603. The topological polar surface area (TPSA) is 97.6 Å². The van der Waals surface area contributed by atoms with E-state index < -0.39 is 17.9 Å². The van der Waals surface area contributed by atoms with Crippen LogP contribution in [0.4, 0.5) is 0 Å². The molecule has 0 unspecified atom stereocenters. The number of nitrogens with zero attached hydrogens (tertiary/aromatic N) is 1. The molecule has 0 heterocycles. The molecule has 174 valence electrons. The predicted molar refractivity (Wildman–Crippen MR) is 126 cm³/mol. The van der Waals surface area contributed by atoms with Gasteiger partial charge in [-0.15, -0.1) is 0 Å². The van der Waals surface area contributed by atoms with Crippen LogP contribution in [0.5, 0.6) is 11.5 Å². The summed E-state index contributed by atoms with van der Waals surface area (Å²) in [5.74, 6) is 0.535. The van der Waals surface area contributed by atoms with Crippen LogP contribution in [-0.2, 0) is 20.7 Å². The molecular formula is C27H26N2O5. The minimum Gasteiger partial charge on any atom is -0.497 e. The summed E-state index contributed by atoms with van der Waals surface area (Å²) < 4.78 is 15.6. The van der Waals surface area contributed by atoms with Gasteiger partial charge < -0.3 is 19.5 Å². The summed E-state index contributed by atoms with van der Waals surface area (Å²) in [5.41, 5.74) is 3.18. The molecule has 7 heteroatoms. The second-order valence-corrected chi connectivity index (χ2v) is 7.52. The van der Waals surface area contributed by atoms with Gasteiger partial charge in [-0.2, -0.15) is 5.26 Å². The number of benzene rings is 3. The van der Waals surface area contributed by atoms with Crippen LogP contribution in [0.25, 0.3) is 0 Å². The van der Waals surface area contributed by atoms with Gasteiger partial charge in [-0.05, 0) is 59.5 Å². The minimum atomic E-state index is -0.468. The van der Waals surface area contributed by atoms with Crippen molar-refractivity contribution in [3.05, 3.63) is 95.1 Å². The van der Waals surface area contributed by atoms with Crippen LogP contribution in [0, 0.1) is 11.3 Å². The van der Waals surface area contributed by atoms with Crippen molar-refractivity contribution in [1.29, 1.82) is 5.26 Å². The van der Waals surface area contributed by atoms with E-state index in [1.807, 2.05) is 48.5 Å². The van der Waals surface area contributed by atoms with Gasteiger partial charge in [0.1, 0.15) is 11.5 Å². The molecule has 0 saturated heterocycles. The van der Waals surface area contributed by atoms with Gasteiger partial charge in [0.2, 0.25) is 0 Å². The Morgan fingerprint density at radius 2 is 1.38 bits per heavy atom. The predicted octanol–water partition coefficient (Wildman–Crippen LogP) is 3.96. The Balaban J connectivity index is 1.60. The SMILES string of the molecule is COc1ccc(C(NC(=O)COC(=O)CCc2ccc(C#N)cc2)c2ccc(OC)cc2)cc1. The Bertz CT molecular complexity index is 1090. The van der Waals surface area contributed by atoms with Crippen LogP contribution in [-0.4, -0.2) is 32.7 Å². The number of amides is 1. The van der Waals surface area contributed by atoms with E-state index in [4.69, 9.17) is 19.5 Å². The lowest BCUT2D eigenvalue weighted by molar-refractivity contribution is -0.148. The number of hydrogen-bond donors (Lipinski definition) is 1. The van der Waals surface area contributed by atoms with Crippen LogP contribution in [0.1, 0.15) is 34.7 Å². The van der Waals surface area contributed by atoms with Crippen LogP contribution in [0.15, 0.2) is 72.8 Å². The number of methoxy groups -OCH3 is 2. The van der Waals surface area contributed by atoms with Crippen LogP contribution in [0.3, 0.4) is 0 Å². The summed E-state index contributed by atoms with van der Waals surface area (Å²) in [6.45, 7) is -0.380. The lowest BCUT2D eigenvalue weighted by atomic mass is 9.98.